The highest BCUT2D eigenvalue weighted by molar-refractivity contribution is 5.89. The molecule has 1 saturated carbocycles. The topological polar surface area (TPSA) is 79.5 Å². The van der Waals surface area contributed by atoms with E-state index in [1.807, 2.05) is 4.90 Å². The third-order valence-electron chi connectivity index (χ3n) is 5.41. The van der Waals surface area contributed by atoms with E-state index in [1.54, 1.807) is 11.9 Å². The van der Waals surface area contributed by atoms with Crippen LogP contribution in [0.3, 0.4) is 0 Å². The lowest BCUT2D eigenvalue weighted by Gasteiger charge is -2.33. The Morgan fingerprint density at radius 2 is 2.12 bits per heavy atom. The Morgan fingerprint density at radius 1 is 1.29 bits per heavy atom. The van der Waals surface area contributed by atoms with Crippen molar-refractivity contribution in [1.29, 1.82) is 0 Å². The zero-order valence-electron chi connectivity index (χ0n) is 14.1. The van der Waals surface area contributed by atoms with E-state index in [1.165, 1.54) is 12.8 Å². The fourth-order valence-electron chi connectivity index (χ4n) is 3.82. The maximum atomic E-state index is 12.7. The molecule has 0 bridgehead atoms. The normalized spacial score (nSPS) is 27.8. The molecule has 4 rings (SSSR count). The van der Waals surface area contributed by atoms with Crippen LogP contribution in [0.25, 0.3) is 0 Å². The highest BCUT2D eigenvalue weighted by Gasteiger charge is 2.36. The predicted molar refractivity (Wildman–Crippen MR) is 85.0 cm³/mol. The number of rotatable bonds is 4. The van der Waals surface area contributed by atoms with Gasteiger partial charge in [0.25, 0.3) is 0 Å². The molecule has 2 unspecified atom stereocenters. The smallest absolute Gasteiger partial charge is 0.228 e. The second kappa shape index (κ2) is 6.18. The van der Waals surface area contributed by atoms with Crippen molar-refractivity contribution in [2.24, 2.45) is 11.8 Å². The monoisotopic (exact) mass is 332 g/mol. The summed E-state index contributed by atoms with van der Waals surface area (Å²) in [5.41, 5.74) is 0. The molecular weight excluding hydrogens is 308 g/mol. The highest BCUT2D eigenvalue weighted by Crippen LogP contribution is 2.38. The average Bonchev–Trinajstić information content (AvgIpc) is 3.24. The minimum absolute atomic E-state index is 0.0698. The van der Waals surface area contributed by atoms with E-state index in [9.17, 15) is 9.59 Å². The molecule has 1 aromatic heterocycles. The van der Waals surface area contributed by atoms with E-state index in [0.717, 1.165) is 38.2 Å². The van der Waals surface area contributed by atoms with E-state index in [4.69, 9.17) is 4.52 Å². The number of carbonyl (C=O) groups is 2. The first kappa shape index (κ1) is 15.6. The number of piperidine rings is 1. The van der Waals surface area contributed by atoms with Crippen LogP contribution in [0.1, 0.15) is 49.7 Å². The van der Waals surface area contributed by atoms with Crippen molar-refractivity contribution < 1.29 is 14.1 Å². The Bertz CT molecular complexity index is 640. The Balaban J connectivity index is 1.34. The summed E-state index contributed by atoms with van der Waals surface area (Å²) in [5.74, 6) is 2.44. The van der Waals surface area contributed by atoms with Crippen molar-refractivity contribution in [2.45, 2.75) is 44.4 Å². The van der Waals surface area contributed by atoms with Crippen LogP contribution in [0, 0.1) is 11.8 Å². The maximum absolute atomic E-state index is 12.7. The standard InChI is InChI=1S/C17H24N4O3/c1-20-10-13(8-15(20)22)17(23)21-6-2-3-11(9-21)7-14-18-16(19-24-14)12-4-5-12/h11-13H,2-10H2,1H3. The minimum atomic E-state index is -0.175. The lowest BCUT2D eigenvalue weighted by molar-refractivity contribution is -0.137. The number of aromatic nitrogens is 2. The third-order valence-corrected chi connectivity index (χ3v) is 5.41. The van der Waals surface area contributed by atoms with Crippen molar-refractivity contribution in [1.82, 2.24) is 19.9 Å². The second-order valence-corrected chi connectivity index (χ2v) is 7.49. The van der Waals surface area contributed by atoms with Gasteiger partial charge in [-0.2, -0.15) is 4.98 Å². The second-order valence-electron chi connectivity index (χ2n) is 7.49. The van der Waals surface area contributed by atoms with Crippen molar-refractivity contribution in [3.63, 3.8) is 0 Å². The molecule has 24 heavy (non-hydrogen) atoms. The molecule has 2 aliphatic heterocycles. The Hall–Kier alpha value is -1.92. The van der Waals surface area contributed by atoms with Crippen molar-refractivity contribution in [2.75, 3.05) is 26.7 Å². The molecule has 0 spiro atoms. The summed E-state index contributed by atoms with van der Waals surface area (Å²) in [6, 6.07) is 0. The van der Waals surface area contributed by atoms with Crippen LogP contribution >= 0.6 is 0 Å². The summed E-state index contributed by atoms with van der Waals surface area (Å²) < 4.78 is 5.38. The van der Waals surface area contributed by atoms with Gasteiger partial charge in [0.05, 0.1) is 5.92 Å². The van der Waals surface area contributed by atoms with E-state index in [-0.39, 0.29) is 17.7 Å². The lowest BCUT2D eigenvalue weighted by atomic mass is 9.93. The van der Waals surface area contributed by atoms with Crippen LogP contribution in [-0.4, -0.2) is 58.4 Å². The van der Waals surface area contributed by atoms with Gasteiger partial charge < -0.3 is 14.3 Å². The minimum Gasteiger partial charge on any atom is -0.345 e. The fourth-order valence-corrected chi connectivity index (χ4v) is 3.82. The van der Waals surface area contributed by atoms with Gasteiger partial charge in [0.2, 0.25) is 17.7 Å². The Morgan fingerprint density at radius 3 is 2.83 bits per heavy atom. The molecule has 130 valence electrons. The highest BCUT2D eigenvalue weighted by atomic mass is 16.5. The first-order valence-electron chi connectivity index (χ1n) is 8.95. The third kappa shape index (κ3) is 3.16. The van der Waals surface area contributed by atoms with Crippen LogP contribution in [-0.2, 0) is 16.0 Å². The fraction of sp³-hybridized carbons (Fsp3) is 0.765. The van der Waals surface area contributed by atoms with Gasteiger partial charge in [-0.15, -0.1) is 0 Å². The van der Waals surface area contributed by atoms with Crippen molar-refractivity contribution in [3.8, 4) is 0 Å². The molecule has 0 radical (unpaired) electrons. The molecule has 7 nitrogen and oxygen atoms in total. The summed E-state index contributed by atoms with van der Waals surface area (Å²) in [5, 5.41) is 4.07. The number of carbonyl (C=O) groups excluding carboxylic acids is 2. The first-order valence-corrected chi connectivity index (χ1v) is 8.95. The summed E-state index contributed by atoms with van der Waals surface area (Å²) in [6.07, 6.45) is 5.50. The van der Waals surface area contributed by atoms with E-state index >= 15 is 0 Å². The predicted octanol–water partition coefficient (Wildman–Crippen LogP) is 1.21. The molecule has 3 fully saturated rings. The van der Waals surface area contributed by atoms with E-state index in [0.29, 0.717) is 30.7 Å². The van der Waals surface area contributed by atoms with E-state index < -0.39 is 0 Å². The number of amides is 2. The summed E-state index contributed by atoms with van der Waals surface area (Å²) in [4.78, 5) is 32.4. The molecule has 1 aromatic rings. The van der Waals surface area contributed by atoms with Gasteiger partial charge in [0.1, 0.15) is 0 Å². The molecule has 2 saturated heterocycles. The van der Waals surface area contributed by atoms with Gasteiger partial charge in [0.15, 0.2) is 5.82 Å². The van der Waals surface area contributed by atoms with Crippen LogP contribution in [0.5, 0.6) is 0 Å². The van der Waals surface area contributed by atoms with E-state index in [2.05, 4.69) is 10.1 Å². The van der Waals surface area contributed by atoms with Gasteiger partial charge in [-0.25, -0.2) is 0 Å². The maximum Gasteiger partial charge on any atom is 0.228 e. The molecule has 2 amide bonds. The Kier molecular flexibility index (Phi) is 4.02. The molecule has 0 N–H and O–H groups in total. The lowest BCUT2D eigenvalue weighted by Crippen LogP contribution is -2.44. The average molecular weight is 332 g/mol. The number of likely N-dealkylation sites (tertiary alicyclic amines) is 2. The van der Waals surface area contributed by atoms with Gasteiger partial charge in [-0.3, -0.25) is 9.59 Å². The number of hydrogen-bond donors (Lipinski definition) is 0. The summed E-state index contributed by atoms with van der Waals surface area (Å²) >= 11 is 0. The zero-order valence-corrected chi connectivity index (χ0v) is 14.1. The molecule has 7 heteroatoms. The van der Waals surface area contributed by atoms with Crippen molar-refractivity contribution in [3.05, 3.63) is 11.7 Å². The molecular formula is C17H24N4O3. The van der Waals surface area contributed by atoms with Crippen LogP contribution < -0.4 is 0 Å². The Labute approximate surface area is 141 Å². The van der Waals surface area contributed by atoms with Crippen LogP contribution in [0.2, 0.25) is 0 Å². The molecule has 3 aliphatic rings. The van der Waals surface area contributed by atoms with Crippen LogP contribution in [0.4, 0.5) is 0 Å². The zero-order chi connectivity index (χ0) is 16.7. The molecule has 3 heterocycles. The van der Waals surface area contributed by atoms with Crippen LogP contribution in [0.15, 0.2) is 4.52 Å². The SMILES string of the molecule is CN1CC(C(=O)N2CCCC(Cc3nc(C4CC4)no3)C2)CC1=O. The summed E-state index contributed by atoms with van der Waals surface area (Å²) in [7, 11) is 1.77. The van der Waals surface area contributed by atoms with Gasteiger partial charge in [0, 0.05) is 45.4 Å². The van der Waals surface area contributed by atoms with Gasteiger partial charge in [-0.05, 0) is 31.6 Å². The first-order chi connectivity index (χ1) is 11.6. The number of hydrogen-bond acceptors (Lipinski definition) is 5. The summed E-state index contributed by atoms with van der Waals surface area (Å²) in [6.45, 7) is 2.07. The van der Waals surface area contributed by atoms with Crippen molar-refractivity contribution >= 4 is 11.8 Å². The van der Waals surface area contributed by atoms with Gasteiger partial charge in [-0.1, -0.05) is 5.16 Å². The molecule has 1 aliphatic carbocycles. The molecule has 0 aromatic carbocycles. The van der Waals surface area contributed by atoms with Gasteiger partial charge >= 0.3 is 0 Å². The largest absolute Gasteiger partial charge is 0.345 e. The molecule has 2 atom stereocenters. The number of nitrogens with zero attached hydrogens (tertiary/aromatic N) is 4. The quantitative estimate of drug-likeness (QED) is 0.828.